The first-order valence-electron chi connectivity index (χ1n) is 6.23. The number of thiazole rings is 1. The van der Waals surface area contributed by atoms with Crippen LogP contribution in [0.2, 0.25) is 0 Å². The van der Waals surface area contributed by atoms with E-state index >= 15 is 0 Å². The average Bonchev–Trinajstić information content (AvgIpc) is 2.97. The van der Waals surface area contributed by atoms with Crippen molar-refractivity contribution in [3.63, 3.8) is 0 Å². The molecule has 5 heteroatoms. The SMILES string of the molecule is COc1ccc(-c2nc(-c3ccccc3Br)cs2)cc1Br. The van der Waals surface area contributed by atoms with Gasteiger partial charge in [0, 0.05) is 21.0 Å². The van der Waals surface area contributed by atoms with Gasteiger partial charge in [-0.05, 0) is 40.2 Å². The summed E-state index contributed by atoms with van der Waals surface area (Å²) in [4.78, 5) is 4.74. The summed E-state index contributed by atoms with van der Waals surface area (Å²) in [5, 5.41) is 3.07. The molecule has 0 bridgehead atoms. The molecule has 0 aliphatic heterocycles. The molecule has 21 heavy (non-hydrogen) atoms. The van der Waals surface area contributed by atoms with Crippen molar-refractivity contribution in [1.29, 1.82) is 0 Å². The first-order chi connectivity index (χ1) is 10.2. The lowest BCUT2D eigenvalue weighted by Crippen LogP contribution is -1.85. The van der Waals surface area contributed by atoms with Gasteiger partial charge in [0.25, 0.3) is 0 Å². The Morgan fingerprint density at radius 1 is 1.05 bits per heavy atom. The Balaban J connectivity index is 1.99. The smallest absolute Gasteiger partial charge is 0.133 e. The highest BCUT2D eigenvalue weighted by Crippen LogP contribution is 2.35. The number of benzene rings is 2. The van der Waals surface area contributed by atoms with Crippen molar-refractivity contribution in [1.82, 2.24) is 4.98 Å². The molecule has 0 aliphatic carbocycles. The lowest BCUT2D eigenvalue weighted by molar-refractivity contribution is 0.412. The highest BCUT2D eigenvalue weighted by atomic mass is 79.9. The van der Waals surface area contributed by atoms with Crippen LogP contribution >= 0.6 is 43.2 Å². The van der Waals surface area contributed by atoms with Crippen LogP contribution in [0.25, 0.3) is 21.8 Å². The van der Waals surface area contributed by atoms with E-state index in [-0.39, 0.29) is 0 Å². The van der Waals surface area contributed by atoms with Crippen LogP contribution in [0.3, 0.4) is 0 Å². The maximum Gasteiger partial charge on any atom is 0.133 e. The van der Waals surface area contributed by atoms with Gasteiger partial charge in [0.2, 0.25) is 0 Å². The second kappa shape index (κ2) is 6.30. The van der Waals surface area contributed by atoms with E-state index in [4.69, 9.17) is 9.72 Å². The largest absolute Gasteiger partial charge is 0.496 e. The molecule has 0 saturated carbocycles. The predicted octanol–water partition coefficient (Wildman–Crippen LogP) is 6.01. The van der Waals surface area contributed by atoms with Crippen LogP contribution < -0.4 is 4.74 Å². The van der Waals surface area contributed by atoms with Gasteiger partial charge in [0.15, 0.2) is 0 Å². The Labute approximate surface area is 144 Å². The summed E-state index contributed by atoms with van der Waals surface area (Å²) in [5.41, 5.74) is 3.16. The van der Waals surface area contributed by atoms with Gasteiger partial charge in [-0.25, -0.2) is 4.98 Å². The van der Waals surface area contributed by atoms with Crippen molar-refractivity contribution >= 4 is 43.2 Å². The van der Waals surface area contributed by atoms with Crippen molar-refractivity contribution in [3.8, 4) is 27.6 Å². The highest BCUT2D eigenvalue weighted by molar-refractivity contribution is 9.11. The summed E-state index contributed by atoms with van der Waals surface area (Å²) in [6.45, 7) is 0. The molecule has 0 spiro atoms. The number of aromatic nitrogens is 1. The molecule has 0 atom stereocenters. The van der Waals surface area contributed by atoms with E-state index in [1.807, 2.05) is 36.4 Å². The predicted molar refractivity (Wildman–Crippen MR) is 94.9 cm³/mol. The monoisotopic (exact) mass is 423 g/mol. The van der Waals surface area contributed by atoms with Gasteiger partial charge in [-0.3, -0.25) is 0 Å². The third kappa shape index (κ3) is 3.05. The standard InChI is InChI=1S/C16H11Br2NOS/c1-20-15-7-6-10(8-13(15)18)16-19-14(9-21-16)11-4-2-3-5-12(11)17/h2-9H,1H3. The van der Waals surface area contributed by atoms with Gasteiger partial charge in [-0.2, -0.15) is 0 Å². The van der Waals surface area contributed by atoms with Crippen molar-refractivity contribution < 1.29 is 4.74 Å². The molecule has 3 aromatic rings. The van der Waals surface area contributed by atoms with Crippen LogP contribution in [-0.4, -0.2) is 12.1 Å². The van der Waals surface area contributed by atoms with E-state index in [0.29, 0.717) is 0 Å². The van der Waals surface area contributed by atoms with Gasteiger partial charge in [-0.15, -0.1) is 11.3 Å². The minimum absolute atomic E-state index is 0.821. The fourth-order valence-corrected chi connectivity index (χ4v) is 3.84. The fourth-order valence-electron chi connectivity index (χ4n) is 2.00. The Morgan fingerprint density at radius 2 is 1.86 bits per heavy atom. The third-order valence-electron chi connectivity index (χ3n) is 3.05. The highest BCUT2D eigenvalue weighted by Gasteiger charge is 2.10. The number of rotatable bonds is 3. The molecule has 0 unspecified atom stereocenters. The third-order valence-corrected chi connectivity index (χ3v) is 5.26. The van der Waals surface area contributed by atoms with E-state index < -0.39 is 0 Å². The number of nitrogens with zero attached hydrogens (tertiary/aromatic N) is 1. The molecule has 0 radical (unpaired) electrons. The molecule has 2 nitrogen and oxygen atoms in total. The summed E-state index contributed by atoms with van der Waals surface area (Å²) < 4.78 is 7.24. The zero-order valence-electron chi connectivity index (χ0n) is 11.1. The van der Waals surface area contributed by atoms with E-state index in [0.717, 1.165) is 36.5 Å². The molecule has 0 fully saturated rings. The maximum absolute atomic E-state index is 5.26. The molecule has 1 heterocycles. The first kappa shape index (κ1) is 14.8. The molecule has 3 rings (SSSR count). The molecule has 0 N–H and O–H groups in total. The van der Waals surface area contributed by atoms with Gasteiger partial charge in [0.05, 0.1) is 17.3 Å². The Morgan fingerprint density at radius 3 is 2.57 bits per heavy atom. The molecule has 0 saturated heterocycles. The zero-order chi connectivity index (χ0) is 14.8. The van der Waals surface area contributed by atoms with Crippen molar-refractivity contribution in [2.75, 3.05) is 7.11 Å². The molecule has 0 amide bonds. The lowest BCUT2D eigenvalue weighted by Gasteiger charge is -2.04. The molecular weight excluding hydrogens is 414 g/mol. The van der Waals surface area contributed by atoms with Gasteiger partial charge in [0.1, 0.15) is 10.8 Å². The fraction of sp³-hybridized carbons (Fsp3) is 0.0625. The Bertz CT molecular complexity index is 785. The van der Waals surface area contributed by atoms with Crippen molar-refractivity contribution in [3.05, 3.63) is 56.8 Å². The summed E-state index contributed by atoms with van der Waals surface area (Å²) in [5.74, 6) is 0.821. The van der Waals surface area contributed by atoms with Crippen molar-refractivity contribution in [2.24, 2.45) is 0 Å². The normalized spacial score (nSPS) is 10.6. The van der Waals surface area contributed by atoms with Crippen LogP contribution in [0.1, 0.15) is 0 Å². The quantitative estimate of drug-likeness (QED) is 0.513. The number of hydrogen-bond acceptors (Lipinski definition) is 3. The summed E-state index contributed by atoms with van der Waals surface area (Å²) in [6.07, 6.45) is 0. The topological polar surface area (TPSA) is 22.1 Å². The minimum atomic E-state index is 0.821. The maximum atomic E-state index is 5.26. The van der Waals surface area contributed by atoms with Crippen LogP contribution in [-0.2, 0) is 0 Å². The average molecular weight is 425 g/mol. The van der Waals surface area contributed by atoms with E-state index in [9.17, 15) is 0 Å². The van der Waals surface area contributed by atoms with Crippen LogP contribution in [0.5, 0.6) is 5.75 Å². The Hall–Kier alpha value is -1.17. The van der Waals surface area contributed by atoms with Crippen molar-refractivity contribution in [2.45, 2.75) is 0 Å². The minimum Gasteiger partial charge on any atom is -0.496 e. The number of ether oxygens (including phenoxy) is 1. The second-order valence-electron chi connectivity index (χ2n) is 4.37. The van der Waals surface area contributed by atoms with Gasteiger partial charge in [-0.1, -0.05) is 34.1 Å². The molecule has 0 aliphatic rings. The van der Waals surface area contributed by atoms with Crippen LogP contribution in [0.15, 0.2) is 56.8 Å². The second-order valence-corrected chi connectivity index (χ2v) is 6.93. The molecule has 2 aromatic carbocycles. The number of hydrogen-bond donors (Lipinski definition) is 0. The summed E-state index contributed by atoms with van der Waals surface area (Å²) in [6, 6.07) is 14.1. The zero-order valence-corrected chi connectivity index (χ0v) is 15.1. The van der Waals surface area contributed by atoms with E-state index in [1.165, 1.54) is 0 Å². The first-order valence-corrected chi connectivity index (χ1v) is 8.70. The lowest BCUT2D eigenvalue weighted by atomic mass is 10.2. The molecule has 106 valence electrons. The van der Waals surface area contributed by atoms with Gasteiger partial charge < -0.3 is 4.74 Å². The Kier molecular flexibility index (Phi) is 4.42. The summed E-state index contributed by atoms with van der Waals surface area (Å²) in [7, 11) is 1.66. The number of halogens is 2. The molecular formula is C16H11Br2NOS. The molecule has 1 aromatic heterocycles. The van der Waals surface area contributed by atoms with Crippen LogP contribution in [0, 0.1) is 0 Å². The van der Waals surface area contributed by atoms with E-state index in [2.05, 4.69) is 43.3 Å². The van der Waals surface area contributed by atoms with Crippen LogP contribution in [0.4, 0.5) is 0 Å². The number of methoxy groups -OCH3 is 1. The summed E-state index contributed by atoms with van der Waals surface area (Å²) >= 11 is 8.72. The van der Waals surface area contributed by atoms with Gasteiger partial charge >= 0.3 is 0 Å². The van der Waals surface area contributed by atoms with E-state index in [1.54, 1.807) is 18.4 Å².